The largest absolute Gasteiger partial charge is 0.490 e. The molecule has 4 aromatic rings. The highest BCUT2D eigenvalue weighted by Gasteiger charge is 2.52. The van der Waals surface area contributed by atoms with Crippen LogP contribution in [0.5, 0.6) is 0 Å². The molecular formula is C22H32N10O20P4. The Balaban J connectivity index is 1.23. The van der Waals surface area contributed by atoms with Crippen molar-refractivity contribution < 1.29 is 89.3 Å². The second-order valence-corrected chi connectivity index (χ2v) is 17.6. The number of hydrogen-bond donors (Lipinski definition) is 10. The Kier molecular flexibility index (Phi) is 12.0. The lowest BCUT2D eigenvalue weighted by atomic mass is 10.0. The Bertz CT molecular complexity index is 2340. The number of methoxy groups -OCH3 is 1. The summed E-state index contributed by atoms with van der Waals surface area (Å²) in [6, 6.07) is 0. The number of fused-ring (bicyclic) bond motifs is 2. The van der Waals surface area contributed by atoms with E-state index in [2.05, 4.69) is 38.5 Å². The lowest BCUT2D eigenvalue weighted by Gasteiger charge is -2.26. The Morgan fingerprint density at radius 1 is 0.786 bits per heavy atom. The number of aromatic amines is 1. The van der Waals surface area contributed by atoms with Crippen molar-refractivity contribution in [3.8, 4) is 0 Å². The summed E-state index contributed by atoms with van der Waals surface area (Å²) in [5, 5.41) is 21.5. The molecule has 0 aliphatic carbocycles. The summed E-state index contributed by atoms with van der Waals surface area (Å²) < 4.78 is 91.1. The van der Waals surface area contributed by atoms with Crippen molar-refractivity contribution in [1.82, 2.24) is 39.0 Å². The maximum absolute atomic E-state index is 13.5. The smallest absolute Gasteiger partial charge is 0.387 e. The van der Waals surface area contributed by atoms with E-state index < -0.39 is 99.0 Å². The molecule has 30 nitrogen and oxygen atoms in total. The van der Waals surface area contributed by atoms with E-state index in [4.69, 9.17) is 49.0 Å². The maximum Gasteiger partial charge on any atom is 0.490 e. The first-order valence-corrected chi connectivity index (χ1v) is 21.4. The summed E-state index contributed by atoms with van der Waals surface area (Å²) >= 11 is 0. The fraction of sp³-hybridized carbons (Fsp3) is 0.545. The molecule has 2 aliphatic rings. The molecule has 0 radical (unpaired) electrons. The van der Waals surface area contributed by atoms with Crippen molar-refractivity contribution >= 4 is 65.4 Å². The predicted molar refractivity (Wildman–Crippen MR) is 178 cm³/mol. The van der Waals surface area contributed by atoms with Gasteiger partial charge in [0, 0.05) is 7.11 Å². The molecule has 0 amide bonds. The lowest BCUT2D eigenvalue weighted by Crippen LogP contribution is -2.36. The van der Waals surface area contributed by atoms with Gasteiger partial charge in [-0.15, -0.1) is 0 Å². The third-order valence-electron chi connectivity index (χ3n) is 8.03. The van der Waals surface area contributed by atoms with Gasteiger partial charge in [0.25, 0.3) is 5.56 Å². The number of H-pyrrole nitrogens is 1. The molecule has 0 aromatic carbocycles. The van der Waals surface area contributed by atoms with Crippen LogP contribution in [0.1, 0.15) is 12.5 Å². The summed E-state index contributed by atoms with van der Waals surface area (Å²) in [6.07, 6.45) is -7.84. The summed E-state index contributed by atoms with van der Waals surface area (Å²) in [6.45, 7) is -2.43. The fourth-order valence-corrected chi connectivity index (χ4v) is 9.85. The number of nitrogens with two attached hydrogens (primary N) is 2. The lowest BCUT2D eigenvalue weighted by molar-refractivity contribution is -0.0581. The zero-order chi connectivity index (χ0) is 41.0. The molecule has 3 unspecified atom stereocenters. The van der Waals surface area contributed by atoms with E-state index in [-0.39, 0.29) is 40.7 Å². The molecule has 0 saturated carbocycles. The minimum Gasteiger partial charge on any atom is -0.387 e. The molecule has 11 atom stereocenters. The summed E-state index contributed by atoms with van der Waals surface area (Å²) in [5.74, 6) is -1.51. The highest BCUT2D eigenvalue weighted by atomic mass is 31.3. The van der Waals surface area contributed by atoms with E-state index in [1.807, 2.05) is 0 Å². The van der Waals surface area contributed by atoms with E-state index >= 15 is 0 Å². The van der Waals surface area contributed by atoms with Crippen LogP contribution >= 0.6 is 31.3 Å². The third kappa shape index (κ3) is 9.24. The van der Waals surface area contributed by atoms with Crippen LogP contribution in [0.25, 0.3) is 22.3 Å². The van der Waals surface area contributed by atoms with Crippen molar-refractivity contribution in [2.45, 2.75) is 43.0 Å². The molecule has 56 heavy (non-hydrogen) atoms. The minimum atomic E-state index is -5.93. The molecule has 2 saturated heterocycles. The second kappa shape index (κ2) is 15.9. The van der Waals surface area contributed by atoms with Crippen molar-refractivity contribution in [2.24, 2.45) is 5.92 Å². The van der Waals surface area contributed by atoms with Gasteiger partial charge in [-0.3, -0.25) is 32.5 Å². The molecule has 310 valence electrons. The summed E-state index contributed by atoms with van der Waals surface area (Å²) in [4.78, 5) is 82.6. The van der Waals surface area contributed by atoms with Gasteiger partial charge in [0.15, 0.2) is 28.9 Å². The van der Waals surface area contributed by atoms with Crippen LogP contribution in [0.3, 0.4) is 0 Å². The standard InChI is InChI=1S/C22H32N10O20P4/c1-45-2-8-15(50-54(39,40)46-3-9-13(33)14(34)21(48-9)32-7-28-12-18(32)29-22(24)30-19(12)35)10(4-47-55(41,42)52-56(43,44)51-53(36,37)38)49-20(8)31-6-27-11-16(23)25-5-26-17(11)31/h5-10,13-15,20-21,33-34H,2-4H2,1H3,(H,39,40)(H,41,42)(H,43,44)(H2,23,25,26)(H2,36,37,38)(H3,24,29,30,35)/t8-,9-,10-,13-,14-,15+,20-,21-/m1/s1. The van der Waals surface area contributed by atoms with Crippen molar-refractivity contribution in [3.63, 3.8) is 0 Å². The first kappa shape index (κ1) is 42.4. The average molecular weight is 880 g/mol. The second-order valence-electron chi connectivity index (χ2n) is 11.8. The van der Waals surface area contributed by atoms with E-state index in [0.29, 0.717) is 0 Å². The number of imidazole rings is 2. The number of ether oxygens (including phenoxy) is 3. The van der Waals surface area contributed by atoms with Gasteiger partial charge in [0.1, 0.15) is 48.6 Å². The normalized spacial score (nSPS) is 29.1. The maximum atomic E-state index is 13.5. The molecular weight excluding hydrogens is 848 g/mol. The van der Waals surface area contributed by atoms with Gasteiger partial charge < -0.3 is 60.4 Å². The number of aliphatic hydroxyl groups excluding tert-OH is 2. The molecule has 0 spiro atoms. The molecule has 2 aliphatic heterocycles. The van der Waals surface area contributed by atoms with E-state index in [0.717, 1.165) is 17.2 Å². The highest BCUT2D eigenvalue weighted by Crippen LogP contribution is 2.66. The Morgan fingerprint density at radius 2 is 1.41 bits per heavy atom. The zero-order valence-electron chi connectivity index (χ0n) is 28.0. The quantitative estimate of drug-likeness (QED) is 0.0531. The first-order chi connectivity index (χ1) is 26.1. The minimum absolute atomic E-state index is 0.0424. The number of aromatic nitrogens is 8. The Morgan fingerprint density at radius 3 is 2.09 bits per heavy atom. The Labute approximate surface area is 310 Å². The van der Waals surface area contributed by atoms with Crippen molar-refractivity contribution in [3.05, 3.63) is 29.3 Å². The summed E-state index contributed by atoms with van der Waals surface area (Å²) in [5.41, 5.74) is 10.7. The predicted octanol–water partition coefficient (Wildman–Crippen LogP) is -2.25. The molecule has 2 fully saturated rings. The van der Waals surface area contributed by atoms with Crippen LogP contribution in [0.2, 0.25) is 0 Å². The molecule has 0 bridgehead atoms. The van der Waals surface area contributed by atoms with E-state index in [9.17, 15) is 47.9 Å². The summed E-state index contributed by atoms with van der Waals surface area (Å²) in [7, 11) is -21.5. The number of nitrogens with one attached hydrogen (secondary N) is 1. The number of phosphoric ester groups is 2. The highest BCUT2D eigenvalue weighted by molar-refractivity contribution is 7.66. The van der Waals surface area contributed by atoms with Gasteiger partial charge in [0.2, 0.25) is 5.95 Å². The first-order valence-electron chi connectivity index (χ1n) is 15.3. The number of anilines is 2. The van der Waals surface area contributed by atoms with Crippen LogP contribution in [0.4, 0.5) is 11.8 Å². The van der Waals surface area contributed by atoms with Crippen molar-refractivity contribution in [1.29, 1.82) is 0 Å². The number of hydrogen-bond acceptors (Lipinski definition) is 22. The van der Waals surface area contributed by atoms with Gasteiger partial charge in [-0.05, 0) is 0 Å². The molecule has 12 N–H and O–H groups in total. The van der Waals surface area contributed by atoms with Crippen molar-refractivity contribution in [2.75, 3.05) is 38.4 Å². The molecule has 6 rings (SSSR count). The van der Waals surface area contributed by atoms with E-state index in [1.54, 1.807) is 0 Å². The van der Waals surface area contributed by atoms with Crippen LogP contribution in [-0.4, -0.2) is 131 Å². The van der Waals surface area contributed by atoms with Crippen LogP contribution in [-0.2, 0) is 54.7 Å². The molecule has 34 heteroatoms. The number of nitrogen functional groups attached to an aromatic ring is 2. The van der Waals surface area contributed by atoms with Gasteiger partial charge in [-0.2, -0.15) is 13.6 Å². The third-order valence-corrected chi connectivity index (χ3v) is 12.8. The van der Waals surface area contributed by atoms with Gasteiger partial charge in [-0.25, -0.2) is 38.2 Å². The number of nitrogens with zero attached hydrogens (tertiary/aromatic N) is 7. The average Bonchev–Trinajstić information content (AvgIpc) is 3.83. The Hall–Kier alpha value is -3.18. The number of rotatable bonds is 16. The molecule has 4 aromatic heterocycles. The SMILES string of the molecule is COC[C@@H]1[C@H](OP(=O)(O)OC[C@H]2O[C@@H](n3cnc4c(=O)[nH]c(N)nc43)[C@H](O)[C@@H]2O)[C@@H](COP(=O)(O)OP(=O)(O)OP(=O)(O)O)O[C@H]1n1cnc2c(N)ncnc21. The van der Waals surface area contributed by atoms with Gasteiger partial charge >= 0.3 is 31.3 Å². The number of phosphoric acid groups is 4. The van der Waals surface area contributed by atoms with Gasteiger partial charge in [-0.1, -0.05) is 0 Å². The topological polar surface area (TPSA) is 443 Å². The number of aliphatic hydroxyl groups is 2. The van der Waals surface area contributed by atoms with Crippen LogP contribution in [0.15, 0.2) is 23.8 Å². The molecule has 6 heterocycles. The monoisotopic (exact) mass is 880 g/mol. The van der Waals surface area contributed by atoms with Crippen LogP contribution in [0, 0.1) is 5.92 Å². The fourth-order valence-electron chi connectivity index (χ4n) is 5.82. The van der Waals surface area contributed by atoms with E-state index in [1.165, 1.54) is 18.0 Å². The van der Waals surface area contributed by atoms with Gasteiger partial charge in [0.05, 0.1) is 38.4 Å². The zero-order valence-corrected chi connectivity index (χ0v) is 31.6. The van der Waals surface area contributed by atoms with Crippen LogP contribution < -0.4 is 17.0 Å².